The molecule has 3 aromatic carbocycles. The van der Waals surface area contributed by atoms with Crippen LogP contribution in [-0.4, -0.2) is 83.9 Å². The number of halogens is 3. The summed E-state index contributed by atoms with van der Waals surface area (Å²) in [5.74, 6) is 0.551. The number of para-hydroxylation sites is 1. The van der Waals surface area contributed by atoms with Crippen molar-refractivity contribution >= 4 is 11.8 Å². The quantitative estimate of drug-likeness (QED) is 0.228. The van der Waals surface area contributed by atoms with E-state index in [1.54, 1.807) is 31.0 Å². The number of alkyl halides is 3. The van der Waals surface area contributed by atoms with Crippen molar-refractivity contribution < 1.29 is 32.6 Å². The Kier molecular flexibility index (Phi) is 12.0. The average molecular weight is 627 g/mol. The molecule has 8 nitrogen and oxygen atoms in total. The minimum absolute atomic E-state index is 0.0412. The topological polar surface area (TPSA) is 94.1 Å². The molecule has 242 valence electrons. The number of rotatable bonds is 14. The second-order valence-electron chi connectivity index (χ2n) is 11.3. The van der Waals surface area contributed by atoms with Crippen molar-refractivity contribution in [2.75, 3.05) is 26.7 Å². The molecule has 0 aromatic heterocycles. The van der Waals surface area contributed by atoms with Gasteiger partial charge in [-0.2, -0.15) is 13.2 Å². The number of likely N-dealkylation sites (tertiary alicyclic amines) is 1. The Balaban J connectivity index is 1.50. The van der Waals surface area contributed by atoms with Crippen LogP contribution in [0, 0.1) is 0 Å². The van der Waals surface area contributed by atoms with Crippen molar-refractivity contribution in [1.82, 2.24) is 20.4 Å². The fourth-order valence-corrected chi connectivity index (χ4v) is 5.41. The van der Waals surface area contributed by atoms with Crippen LogP contribution in [0.2, 0.25) is 0 Å². The number of aliphatic hydroxyl groups is 1. The van der Waals surface area contributed by atoms with Crippen molar-refractivity contribution in [2.45, 2.75) is 63.1 Å². The first-order valence-electron chi connectivity index (χ1n) is 15.2. The Bertz CT molecular complexity index is 1360. The van der Waals surface area contributed by atoms with Gasteiger partial charge in [-0.25, -0.2) is 0 Å². The number of ether oxygens (including phenoxy) is 1. The van der Waals surface area contributed by atoms with Gasteiger partial charge in [-0.05, 0) is 68.6 Å². The van der Waals surface area contributed by atoms with E-state index in [0.717, 1.165) is 16.0 Å². The number of nitrogens with one attached hydrogen (secondary N) is 2. The number of benzene rings is 3. The SMILES string of the molecule is CN[C@@H](C)C(=O)NC(Cc1ccc(Oc2ccccc2)cc1)C(=O)N1CCC[C@H]1CN(CCc1ccccc1)C(O)C(F)(F)F. The maximum Gasteiger partial charge on any atom is 0.428 e. The van der Waals surface area contributed by atoms with Crippen LogP contribution in [0.3, 0.4) is 0 Å². The lowest BCUT2D eigenvalue weighted by Crippen LogP contribution is -2.57. The number of hydrogen-bond acceptors (Lipinski definition) is 6. The molecule has 4 atom stereocenters. The summed E-state index contributed by atoms with van der Waals surface area (Å²) in [6.45, 7) is 1.82. The lowest BCUT2D eigenvalue weighted by molar-refractivity contribution is -0.251. The normalized spacial score (nSPS) is 17.1. The molecule has 1 heterocycles. The van der Waals surface area contributed by atoms with E-state index in [4.69, 9.17) is 4.74 Å². The molecule has 2 amide bonds. The molecule has 0 spiro atoms. The van der Waals surface area contributed by atoms with Gasteiger partial charge in [-0.3, -0.25) is 14.5 Å². The van der Waals surface area contributed by atoms with Crippen molar-refractivity contribution in [2.24, 2.45) is 0 Å². The van der Waals surface area contributed by atoms with Crippen LogP contribution in [0.1, 0.15) is 30.9 Å². The van der Waals surface area contributed by atoms with Crippen molar-refractivity contribution in [3.8, 4) is 11.5 Å². The molecule has 2 unspecified atom stereocenters. The maximum atomic E-state index is 14.0. The molecule has 1 saturated heterocycles. The highest BCUT2D eigenvalue weighted by Gasteiger charge is 2.44. The van der Waals surface area contributed by atoms with Crippen LogP contribution in [0.5, 0.6) is 11.5 Å². The highest BCUT2D eigenvalue weighted by molar-refractivity contribution is 5.90. The predicted molar refractivity (Wildman–Crippen MR) is 166 cm³/mol. The number of carbonyl (C=O) groups is 2. The summed E-state index contributed by atoms with van der Waals surface area (Å²) in [5, 5.41) is 16.0. The van der Waals surface area contributed by atoms with Crippen molar-refractivity contribution in [3.05, 3.63) is 96.1 Å². The lowest BCUT2D eigenvalue weighted by Gasteiger charge is -2.36. The third-order valence-corrected chi connectivity index (χ3v) is 8.06. The van der Waals surface area contributed by atoms with Crippen LogP contribution in [0.4, 0.5) is 13.2 Å². The molecule has 1 aliphatic rings. The van der Waals surface area contributed by atoms with Gasteiger partial charge in [0.05, 0.1) is 6.04 Å². The summed E-state index contributed by atoms with van der Waals surface area (Å²) in [6, 6.07) is 23.5. The van der Waals surface area contributed by atoms with E-state index in [1.165, 1.54) is 0 Å². The number of aliphatic hydroxyl groups excluding tert-OH is 1. The minimum atomic E-state index is -4.85. The highest BCUT2D eigenvalue weighted by atomic mass is 19.4. The molecular formula is C34H41F3N4O4. The van der Waals surface area contributed by atoms with Gasteiger partial charge in [0.1, 0.15) is 17.5 Å². The Labute approximate surface area is 262 Å². The number of likely N-dealkylation sites (N-methyl/N-ethyl adjacent to an activating group) is 1. The molecule has 0 aliphatic carbocycles. The van der Waals surface area contributed by atoms with E-state index >= 15 is 0 Å². The van der Waals surface area contributed by atoms with Gasteiger partial charge in [-0.15, -0.1) is 0 Å². The standard InChI is InChI=1S/C34H41F3N4O4/c1-24(38-2)31(42)39-30(22-26-15-17-29(18-16-26)45-28-13-7-4-8-14-28)32(43)41-20-9-12-27(41)23-40(33(44)34(35,36)37)21-19-25-10-5-3-6-11-25/h3-8,10-11,13-18,24,27,30,33,38,44H,9,12,19-23H2,1-2H3,(H,39,42)/t24-,27-,30?,33?/m0/s1. The van der Waals surface area contributed by atoms with Crippen LogP contribution in [0.25, 0.3) is 0 Å². The third-order valence-electron chi connectivity index (χ3n) is 8.06. The summed E-state index contributed by atoms with van der Waals surface area (Å²) < 4.78 is 46.9. The van der Waals surface area contributed by atoms with Crippen LogP contribution in [0.15, 0.2) is 84.9 Å². The Morgan fingerprint density at radius 1 is 0.978 bits per heavy atom. The summed E-state index contributed by atoms with van der Waals surface area (Å²) >= 11 is 0. The molecule has 45 heavy (non-hydrogen) atoms. The Hall–Kier alpha value is -3.93. The predicted octanol–water partition coefficient (Wildman–Crippen LogP) is 4.53. The number of carbonyl (C=O) groups excluding carboxylic acids is 2. The first-order valence-corrected chi connectivity index (χ1v) is 15.2. The third kappa shape index (κ3) is 9.78. The van der Waals surface area contributed by atoms with Gasteiger partial charge in [0.2, 0.25) is 18.0 Å². The molecular weight excluding hydrogens is 585 g/mol. The van der Waals surface area contributed by atoms with E-state index in [2.05, 4.69) is 10.6 Å². The van der Waals surface area contributed by atoms with Gasteiger partial charge >= 0.3 is 6.18 Å². The van der Waals surface area contributed by atoms with E-state index in [0.29, 0.717) is 37.3 Å². The second-order valence-corrected chi connectivity index (χ2v) is 11.3. The monoisotopic (exact) mass is 626 g/mol. The fraction of sp³-hybridized carbons (Fsp3) is 0.412. The largest absolute Gasteiger partial charge is 0.457 e. The first-order chi connectivity index (χ1) is 21.5. The Morgan fingerprint density at radius 2 is 1.60 bits per heavy atom. The van der Waals surface area contributed by atoms with Gasteiger partial charge in [0.25, 0.3) is 0 Å². The van der Waals surface area contributed by atoms with Crippen LogP contribution < -0.4 is 15.4 Å². The Morgan fingerprint density at radius 3 is 2.22 bits per heavy atom. The van der Waals surface area contributed by atoms with E-state index < -0.39 is 30.5 Å². The van der Waals surface area contributed by atoms with Crippen molar-refractivity contribution in [3.63, 3.8) is 0 Å². The zero-order chi connectivity index (χ0) is 32.4. The fourth-order valence-electron chi connectivity index (χ4n) is 5.41. The molecule has 0 bridgehead atoms. The number of hydrogen-bond donors (Lipinski definition) is 3. The van der Waals surface area contributed by atoms with E-state index in [-0.39, 0.29) is 31.3 Å². The van der Waals surface area contributed by atoms with Crippen LogP contribution in [-0.2, 0) is 22.4 Å². The van der Waals surface area contributed by atoms with E-state index in [9.17, 15) is 27.9 Å². The summed E-state index contributed by atoms with van der Waals surface area (Å²) in [5.41, 5.74) is 1.62. The number of amides is 2. The van der Waals surface area contributed by atoms with Crippen LogP contribution >= 0.6 is 0 Å². The molecule has 0 saturated carbocycles. The minimum Gasteiger partial charge on any atom is -0.457 e. The summed E-state index contributed by atoms with van der Waals surface area (Å²) in [7, 11) is 1.64. The molecule has 4 rings (SSSR count). The zero-order valence-electron chi connectivity index (χ0n) is 25.5. The molecule has 1 aliphatic heterocycles. The second kappa shape index (κ2) is 15.9. The zero-order valence-corrected chi connectivity index (χ0v) is 25.5. The van der Waals surface area contributed by atoms with Crippen molar-refractivity contribution in [1.29, 1.82) is 0 Å². The van der Waals surface area contributed by atoms with Gasteiger partial charge < -0.3 is 25.4 Å². The molecule has 11 heteroatoms. The van der Waals surface area contributed by atoms with E-state index in [1.807, 2.05) is 72.8 Å². The maximum absolute atomic E-state index is 14.0. The molecule has 3 N–H and O–H groups in total. The molecule has 0 radical (unpaired) electrons. The smallest absolute Gasteiger partial charge is 0.428 e. The van der Waals surface area contributed by atoms with Gasteiger partial charge in [0.15, 0.2) is 0 Å². The molecule has 1 fully saturated rings. The number of nitrogens with zero attached hydrogens (tertiary/aromatic N) is 2. The highest BCUT2D eigenvalue weighted by Crippen LogP contribution is 2.27. The van der Waals surface area contributed by atoms with Gasteiger partial charge in [-0.1, -0.05) is 60.7 Å². The summed E-state index contributed by atoms with van der Waals surface area (Å²) in [6.07, 6.45) is -5.94. The average Bonchev–Trinajstić information content (AvgIpc) is 3.51. The lowest BCUT2D eigenvalue weighted by atomic mass is 10.0. The summed E-state index contributed by atoms with van der Waals surface area (Å²) in [4.78, 5) is 29.5. The first kappa shape index (κ1) is 34.0. The molecule has 3 aromatic rings. The van der Waals surface area contributed by atoms with Gasteiger partial charge in [0, 0.05) is 32.1 Å².